The molecule has 5 nitrogen and oxygen atoms in total. The predicted molar refractivity (Wildman–Crippen MR) is 151 cm³/mol. The van der Waals surface area contributed by atoms with Gasteiger partial charge in [0.15, 0.2) is 0 Å². The van der Waals surface area contributed by atoms with Gasteiger partial charge in [0, 0.05) is 18.5 Å². The highest BCUT2D eigenvalue weighted by Gasteiger charge is 2.35. The Morgan fingerprint density at radius 2 is 1.53 bits per heavy atom. The first-order chi connectivity index (χ1) is 18.3. The molecular weight excluding hydrogens is 474 g/mol. The van der Waals surface area contributed by atoms with Crippen molar-refractivity contribution >= 4 is 5.97 Å². The van der Waals surface area contributed by atoms with Gasteiger partial charge in [-0.15, -0.1) is 0 Å². The minimum atomic E-state index is -0.736. The molecule has 38 heavy (non-hydrogen) atoms. The molecule has 202 valence electrons. The molecule has 0 amide bonds. The van der Waals surface area contributed by atoms with Gasteiger partial charge < -0.3 is 14.9 Å². The molecule has 0 aromatic heterocycles. The second-order valence-electron chi connectivity index (χ2n) is 11.0. The third-order valence-electron chi connectivity index (χ3n) is 8.07. The lowest BCUT2D eigenvalue weighted by atomic mass is 9.79. The number of carbonyl (C=O) groups excluding carboxylic acids is 1. The summed E-state index contributed by atoms with van der Waals surface area (Å²) in [6.45, 7) is 5.39. The monoisotopic (exact) mass is 515 g/mol. The minimum Gasteiger partial charge on any atom is -0.468 e. The van der Waals surface area contributed by atoms with Gasteiger partial charge in [0.1, 0.15) is 0 Å². The number of piperidine rings is 1. The van der Waals surface area contributed by atoms with Gasteiger partial charge in [-0.2, -0.15) is 0 Å². The molecule has 5 heteroatoms. The average Bonchev–Trinajstić information content (AvgIpc) is 2.95. The maximum absolute atomic E-state index is 12.1. The van der Waals surface area contributed by atoms with Gasteiger partial charge >= 0.3 is 5.97 Å². The molecule has 3 aromatic carbocycles. The number of carbonyl (C=O) groups is 1. The van der Waals surface area contributed by atoms with Gasteiger partial charge in [0.2, 0.25) is 0 Å². The lowest BCUT2D eigenvalue weighted by Gasteiger charge is -2.43. The molecule has 2 N–H and O–H groups in total. The van der Waals surface area contributed by atoms with Crippen molar-refractivity contribution in [3.05, 3.63) is 107 Å². The summed E-state index contributed by atoms with van der Waals surface area (Å²) < 4.78 is 4.94. The van der Waals surface area contributed by atoms with Crippen LogP contribution in [-0.2, 0) is 14.9 Å². The summed E-state index contributed by atoms with van der Waals surface area (Å²) in [5, 5.41) is 21.6. The van der Waals surface area contributed by atoms with E-state index >= 15 is 0 Å². The summed E-state index contributed by atoms with van der Waals surface area (Å²) in [5.41, 5.74) is 3.50. The normalized spacial score (nSPS) is 19.3. The summed E-state index contributed by atoms with van der Waals surface area (Å²) in [6, 6.07) is 29.0. The quantitative estimate of drug-likeness (QED) is 0.344. The van der Waals surface area contributed by atoms with Crippen LogP contribution in [0.1, 0.15) is 73.8 Å². The third-order valence-corrected chi connectivity index (χ3v) is 8.07. The number of methoxy groups -OCH3 is 1. The largest absolute Gasteiger partial charge is 0.468 e. The average molecular weight is 516 g/mol. The molecule has 3 unspecified atom stereocenters. The summed E-state index contributed by atoms with van der Waals surface area (Å²) in [4.78, 5) is 14.6. The maximum Gasteiger partial charge on any atom is 0.315 e. The van der Waals surface area contributed by atoms with Crippen LogP contribution in [0.5, 0.6) is 0 Å². The third kappa shape index (κ3) is 6.52. The molecule has 1 aliphatic heterocycles. The molecule has 1 saturated heterocycles. The highest BCUT2D eigenvalue weighted by Crippen LogP contribution is 2.36. The molecule has 1 heterocycles. The van der Waals surface area contributed by atoms with Crippen molar-refractivity contribution in [1.29, 1.82) is 0 Å². The first kappa shape index (κ1) is 28.0. The van der Waals surface area contributed by atoms with Crippen LogP contribution in [0.3, 0.4) is 0 Å². The van der Waals surface area contributed by atoms with E-state index in [1.807, 2.05) is 50.2 Å². The molecule has 0 spiro atoms. The second-order valence-corrected chi connectivity index (χ2v) is 11.0. The van der Waals surface area contributed by atoms with Crippen LogP contribution in [0, 0.1) is 0 Å². The fraction of sp³-hybridized carbons (Fsp3) is 0.424. The Kier molecular flexibility index (Phi) is 9.37. The fourth-order valence-electron chi connectivity index (χ4n) is 5.76. The molecule has 0 bridgehead atoms. The number of aliphatic hydroxyl groups is 2. The van der Waals surface area contributed by atoms with Crippen molar-refractivity contribution in [2.75, 3.05) is 20.2 Å². The first-order valence-electron chi connectivity index (χ1n) is 13.7. The highest BCUT2D eigenvalue weighted by atomic mass is 16.5. The molecule has 3 atom stereocenters. The first-order valence-corrected chi connectivity index (χ1v) is 13.7. The zero-order valence-corrected chi connectivity index (χ0v) is 22.8. The molecule has 0 saturated carbocycles. The Morgan fingerprint density at radius 1 is 0.947 bits per heavy atom. The van der Waals surface area contributed by atoms with Crippen molar-refractivity contribution in [2.24, 2.45) is 0 Å². The molecular formula is C33H41NO4. The molecule has 1 aliphatic rings. The van der Waals surface area contributed by atoms with E-state index in [0.717, 1.165) is 43.5 Å². The smallest absolute Gasteiger partial charge is 0.315 e. The summed E-state index contributed by atoms with van der Waals surface area (Å²) in [7, 11) is 1.40. The molecule has 3 aromatic rings. The zero-order chi connectivity index (χ0) is 27.1. The minimum absolute atomic E-state index is 0.169. The van der Waals surface area contributed by atoms with Crippen LogP contribution in [0.15, 0.2) is 84.9 Å². The number of likely N-dealkylation sites (tertiary alicyclic amines) is 1. The number of benzene rings is 3. The van der Waals surface area contributed by atoms with Gasteiger partial charge in [-0.25, -0.2) is 0 Å². The van der Waals surface area contributed by atoms with Crippen molar-refractivity contribution in [3.63, 3.8) is 0 Å². The summed E-state index contributed by atoms with van der Waals surface area (Å²) in [6.07, 6.45) is 2.12. The van der Waals surface area contributed by atoms with Gasteiger partial charge in [0.25, 0.3) is 0 Å². The number of hydrogen-bond acceptors (Lipinski definition) is 5. The number of esters is 1. The highest BCUT2D eigenvalue weighted by molar-refractivity contribution is 5.82. The Balaban J connectivity index is 1.44. The van der Waals surface area contributed by atoms with Gasteiger partial charge in [0.05, 0.1) is 24.7 Å². The van der Waals surface area contributed by atoms with Crippen LogP contribution in [-0.4, -0.2) is 53.4 Å². The Hall–Kier alpha value is -2.99. The number of nitrogens with zero attached hydrogens (tertiary/aromatic N) is 1. The van der Waals surface area contributed by atoms with Crippen LogP contribution in [0.25, 0.3) is 0 Å². The van der Waals surface area contributed by atoms with Gasteiger partial charge in [-0.1, -0.05) is 84.9 Å². The maximum atomic E-state index is 12.1. The lowest BCUT2D eigenvalue weighted by Crippen LogP contribution is -2.48. The number of hydrogen-bond donors (Lipinski definition) is 2. The topological polar surface area (TPSA) is 70.0 Å². The van der Waals surface area contributed by atoms with E-state index in [1.54, 1.807) is 0 Å². The van der Waals surface area contributed by atoms with E-state index in [2.05, 4.69) is 53.4 Å². The Bertz CT molecular complexity index is 1110. The SMILES string of the molecule is COC(=O)C(C)(C)c1ccc(C(O)CCCN2CCC(O)CC2C(c2ccccc2)c2ccccc2)cc1. The molecule has 4 rings (SSSR count). The van der Waals surface area contributed by atoms with Crippen LogP contribution < -0.4 is 0 Å². The van der Waals surface area contributed by atoms with E-state index in [0.29, 0.717) is 6.42 Å². The van der Waals surface area contributed by atoms with E-state index in [9.17, 15) is 15.0 Å². The summed E-state index contributed by atoms with van der Waals surface area (Å²) >= 11 is 0. The number of ether oxygens (including phenoxy) is 1. The molecule has 0 radical (unpaired) electrons. The van der Waals surface area contributed by atoms with Crippen LogP contribution in [0.4, 0.5) is 0 Å². The summed E-state index contributed by atoms with van der Waals surface area (Å²) in [5.74, 6) is -0.112. The van der Waals surface area contributed by atoms with Crippen molar-refractivity contribution in [3.8, 4) is 0 Å². The van der Waals surface area contributed by atoms with E-state index < -0.39 is 11.5 Å². The lowest BCUT2D eigenvalue weighted by molar-refractivity contribution is -0.146. The zero-order valence-electron chi connectivity index (χ0n) is 22.8. The number of rotatable bonds is 10. The Morgan fingerprint density at radius 3 is 2.08 bits per heavy atom. The fourth-order valence-corrected chi connectivity index (χ4v) is 5.76. The van der Waals surface area contributed by atoms with Crippen molar-refractivity contribution in [2.45, 2.75) is 69.1 Å². The van der Waals surface area contributed by atoms with Gasteiger partial charge in [-0.3, -0.25) is 9.69 Å². The van der Waals surface area contributed by atoms with Crippen LogP contribution >= 0.6 is 0 Å². The Labute approximate surface area is 227 Å². The molecule has 1 fully saturated rings. The van der Waals surface area contributed by atoms with Crippen LogP contribution in [0.2, 0.25) is 0 Å². The molecule has 0 aliphatic carbocycles. The van der Waals surface area contributed by atoms with E-state index in [-0.39, 0.29) is 24.0 Å². The van der Waals surface area contributed by atoms with Crippen molar-refractivity contribution in [1.82, 2.24) is 4.90 Å². The second kappa shape index (κ2) is 12.7. The predicted octanol–water partition coefficient (Wildman–Crippen LogP) is 5.61. The van der Waals surface area contributed by atoms with E-state index in [1.165, 1.54) is 18.2 Å². The number of aliphatic hydroxyl groups excluding tert-OH is 2. The standard InChI is InChI=1S/C33H41NO4/c1-33(2,32(37)38-3)27-18-16-24(17-19-27)30(36)15-10-21-34-22-20-28(35)23-29(34)31(25-11-6-4-7-12-25)26-13-8-5-9-14-26/h4-9,11-14,16-19,28-31,35-36H,10,15,20-23H2,1-3H3. The van der Waals surface area contributed by atoms with E-state index in [4.69, 9.17) is 4.74 Å². The van der Waals surface area contributed by atoms with Gasteiger partial charge in [-0.05, 0) is 68.3 Å². The van der Waals surface area contributed by atoms with Crippen molar-refractivity contribution < 1.29 is 19.7 Å².